The van der Waals surface area contributed by atoms with Crippen LogP contribution in [0.1, 0.15) is 77.7 Å². The van der Waals surface area contributed by atoms with Crippen LogP contribution in [0.2, 0.25) is 0 Å². The normalized spacial score (nSPS) is 21.1. The standard InChI is InChI=1S/C29H46N2O7/c1-6-8-11-30(12-9-13-32)25(33)18-31-17-21(20-14-23(36-5)27-24(15-20)37-19-38-27)26(28(34)35)22(31)16-29(3,4)10-7-2/h14-15,21-22,26,32H,6-13,16-19H2,1-5H3,(H,34,35)/t21-,22+,26-/m1/s1. The van der Waals surface area contributed by atoms with Gasteiger partial charge in [0.25, 0.3) is 0 Å². The van der Waals surface area contributed by atoms with Gasteiger partial charge in [-0.2, -0.15) is 0 Å². The molecule has 0 aromatic heterocycles. The monoisotopic (exact) mass is 534 g/mol. The van der Waals surface area contributed by atoms with Crippen LogP contribution in [0, 0.1) is 11.3 Å². The molecule has 0 spiro atoms. The van der Waals surface area contributed by atoms with E-state index in [2.05, 4.69) is 32.6 Å². The molecular weight excluding hydrogens is 488 g/mol. The van der Waals surface area contributed by atoms with Crippen molar-refractivity contribution in [3.63, 3.8) is 0 Å². The van der Waals surface area contributed by atoms with Crippen molar-refractivity contribution >= 4 is 11.9 Å². The molecule has 3 rings (SSSR count). The maximum Gasteiger partial charge on any atom is 0.308 e. The zero-order valence-corrected chi connectivity index (χ0v) is 23.7. The highest BCUT2D eigenvalue weighted by Gasteiger charge is 2.49. The highest BCUT2D eigenvalue weighted by atomic mass is 16.7. The smallest absolute Gasteiger partial charge is 0.308 e. The Morgan fingerprint density at radius 3 is 2.53 bits per heavy atom. The summed E-state index contributed by atoms with van der Waals surface area (Å²) in [4.78, 5) is 30.3. The van der Waals surface area contributed by atoms with E-state index in [-0.39, 0.29) is 43.2 Å². The SMILES string of the molecule is CCCCN(CCCO)C(=O)CN1C[C@H](c2cc(OC)c3c(c2)OCO3)[C@@H](C(=O)O)[C@@H]1CC(C)(C)CCC. The fourth-order valence-corrected chi connectivity index (χ4v) is 6.04. The van der Waals surface area contributed by atoms with Crippen LogP contribution < -0.4 is 14.2 Å². The summed E-state index contributed by atoms with van der Waals surface area (Å²) < 4.78 is 16.7. The van der Waals surface area contributed by atoms with Gasteiger partial charge in [-0.05, 0) is 48.8 Å². The molecular formula is C29H46N2O7. The molecule has 1 aromatic rings. The number of aliphatic hydroxyl groups excluding tert-OH is 1. The Hall–Kier alpha value is -2.52. The molecule has 2 aliphatic heterocycles. The van der Waals surface area contributed by atoms with Gasteiger partial charge in [0.1, 0.15) is 0 Å². The van der Waals surface area contributed by atoms with Crippen LogP contribution in [0.25, 0.3) is 0 Å². The first-order valence-corrected chi connectivity index (χ1v) is 14.0. The second-order valence-corrected chi connectivity index (χ2v) is 11.4. The van der Waals surface area contributed by atoms with Gasteiger partial charge in [0, 0.05) is 38.2 Å². The molecule has 1 aromatic carbocycles. The number of carboxylic acid groups (broad SMARTS) is 1. The van der Waals surface area contributed by atoms with Crippen LogP contribution in [-0.2, 0) is 9.59 Å². The molecule has 0 radical (unpaired) electrons. The van der Waals surface area contributed by atoms with E-state index < -0.39 is 11.9 Å². The Morgan fingerprint density at radius 2 is 1.89 bits per heavy atom. The molecule has 1 amide bonds. The van der Waals surface area contributed by atoms with Gasteiger partial charge < -0.3 is 29.3 Å². The molecule has 0 aliphatic carbocycles. The highest BCUT2D eigenvalue weighted by Crippen LogP contribution is 2.48. The summed E-state index contributed by atoms with van der Waals surface area (Å²) in [6, 6.07) is 3.41. The molecule has 2 heterocycles. The third-order valence-corrected chi connectivity index (χ3v) is 7.89. The van der Waals surface area contributed by atoms with Gasteiger partial charge in [-0.1, -0.05) is 40.5 Å². The summed E-state index contributed by atoms with van der Waals surface area (Å²) in [5.74, 6) is -0.301. The zero-order valence-electron chi connectivity index (χ0n) is 23.7. The van der Waals surface area contributed by atoms with Gasteiger partial charge in [-0.25, -0.2) is 0 Å². The topological polar surface area (TPSA) is 109 Å². The summed E-state index contributed by atoms with van der Waals surface area (Å²) >= 11 is 0. The number of benzene rings is 1. The molecule has 9 nitrogen and oxygen atoms in total. The lowest BCUT2D eigenvalue weighted by Crippen LogP contribution is -2.46. The number of nitrogens with zero attached hydrogens (tertiary/aromatic N) is 2. The fraction of sp³-hybridized carbons (Fsp3) is 0.724. The molecule has 1 fully saturated rings. The number of amides is 1. The number of carbonyl (C=O) groups excluding carboxylic acids is 1. The van der Waals surface area contributed by atoms with Crippen molar-refractivity contribution in [2.45, 2.75) is 78.2 Å². The van der Waals surface area contributed by atoms with Crippen molar-refractivity contribution in [2.75, 3.05) is 46.7 Å². The Kier molecular flexibility index (Phi) is 10.7. The minimum absolute atomic E-state index is 0.0155. The number of hydrogen-bond donors (Lipinski definition) is 2. The first-order valence-electron chi connectivity index (χ1n) is 14.0. The molecule has 2 aliphatic rings. The molecule has 3 atom stereocenters. The first kappa shape index (κ1) is 30.0. The molecule has 38 heavy (non-hydrogen) atoms. The van der Waals surface area contributed by atoms with Crippen molar-refractivity contribution < 1.29 is 34.0 Å². The Balaban J connectivity index is 1.96. The Morgan fingerprint density at radius 1 is 1.16 bits per heavy atom. The molecule has 1 saturated heterocycles. The molecule has 0 bridgehead atoms. The average Bonchev–Trinajstić information content (AvgIpc) is 3.48. The Bertz CT molecular complexity index is 943. The third-order valence-electron chi connectivity index (χ3n) is 7.89. The van der Waals surface area contributed by atoms with Crippen molar-refractivity contribution in [1.82, 2.24) is 9.80 Å². The molecule has 214 valence electrons. The number of unbranched alkanes of at least 4 members (excludes halogenated alkanes) is 1. The van der Waals surface area contributed by atoms with Crippen LogP contribution in [0.4, 0.5) is 0 Å². The lowest BCUT2D eigenvalue weighted by atomic mass is 9.76. The fourth-order valence-electron chi connectivity index (χ4n) is 6.04. The number of aliphatic carboxylic acids is 1. The molecule has 2 N–H and O–H groups in total. The van der Waals surface area contributed by atoms with E-state index in [1.807, 2.05) is 17.0 Å². The zero-order chi connectivity index (χ0) is 27.9. The van der Waals surface area contributed by atoms with Gasteiger partial charge in [-0.15, -0.1) is 0 Å². The van der Waals surface area contributed by atoms with E-state index in [0.717, 1.165) is 31.2 Å². The van der Waals surface area contributed by atoms with Crippen molar-refractivity contribution in [1.29, 1.82) is 0 Å². The van der Waals surface area contributed by atoms with E-state index in [1.54, 1.807) is 7.11 Å². The number of aliphatic hydroxyl groups is 1. The first-order chi connectivity index (χ1) is 18.1. The third kappa shape index (κ3) is 7.11. The summed E-state index contributed by atoms with van der Waals surface area (Å²) in [6.07, 6.45) is 5.04. The van der Waals surface area contributed by atoms with Crippen LogP contribution >= 0.6 is 0 Å². The van der Waals surface area contributed by atoms with E-state index in [0.29, 0.717) is 49.7 Å². The van der Waals surface area contributed by atoms with Gasteiger partial charge in [0.05, 0.1) is 19.6 Å². The highest BCUT2D eigenvalue weighted by molar-refractivity contribution is 5.79. The minimum atomic E-state index is -0.859. The number of carboxylic acids is 1. The van der Waals surface area contributed by atoms with Crippen LogP contribution in [0.3, 0.4) is 0 Å². The van der Waals surface area contributed by atoms with Crippen LogP contribution in [0.15, 0.2) is 12.1 Å². The average molecular weight is 535 g/mol. The number of ether oxygens (including phenoxy) is 3. The minimum Gasteiger partial charge on any atom is -0.493 e. The van der Waals surface area contributed by atoms with E-state index in [9.17, 15) is 19.8 Å². The van der Waals surface area contributed by atoms with Crippen LogP contribution in [0.5, 0.6) is 17.2 Å². The van der Waals surface area contributed by atoms with Crippen LogP contribution in [-0.4, -0.2) is 84.6 Å². The molecule has 9 heteroatoms. The number of hydrogen-bond acceptors (Lipinski definition) is 7. The number of fused-ring (bicyclic) bond motifs is 1. The number of likely N-dealkylation sites (tertiary alicyclic amines) is 1. The summed E-state index contributed by atoms with van der Waals surface area (Å²) in [7, 11) is 1.56. The largest absolute Gasteiger partial charge is 0.493 e. The van der Waals surface area contributed by atoms with Crippen molar-refractivity contribution in [2.24, 2.45) is 11.3 Å². The Labute approximate surface area is 227 Å². The second-order valence-electron chi connectivity index (χ2n) is 11.4. The summed E-state index contributed by atoms with van der Waals surface area (Å²) in [5.41, 5.74) is 0.740. The lowest BCUT2D eigenvalue weighted by molar-refractivity contribution is -0.144. The lowest BCUT2D eigenvalue weighted by Gasteiger charge is -2.35. The van der Waals surface area contributed by atoms with Crippen molar-refractivity contribution in [3.05, 3.63) is 17.7 Å². The molecule has 0 unspecified atom stereocenters. The van der Waals surface area contributed by atoms with Gasteiger partial charge in [-0.3, -0.25) is 14.5 Å². The van der Waals surface area contributed by atoms with Gasteiger partial charge in [0.2, 0.25) is 18.4 Å². The summed E-state index contributed by atoms with van der Waals surface area (Å²) in [6.45, 7) is 10.5. The van der Waals surface area contributed by atoms with Crippen molar-refractivity contribution in [3.8, 4) is 17.2 Å². The molecule has 0 saturated carbocycles. The maximum absolute atomic E-state index is 13.5. The van der Waals surface area contributed by atoms with E-state index in [4.69, 9.17) is 14.2 Å². The van der Waals surface area contributed by atoms with E-state index in [1.165, 1.54) is 0 Å². The maximum atomic E-state index is 13.5. The quantitative estimate of drug-likeness (QED) is 0.346. The predicted molar refractivity (Wildman–Crippen MR) is 145 cm³/mol. The van der Waals surface area contributed by atoms with Gasteiger partial charge in [0.15, 0.2) is 11.5 Å². The summed E-state index contributed by atoms with van der Waals surface area (Å²) in [5, 5.41) is 19.9. The number of rotatable bonds is 15. The predicted octanol–water partition coefficient (Wildman–Crippen LogP) is 4.12. The van der Waals surface area contributed by atoms with E-state index >= 15 is 0 Å². The van der Waals surface area contributed by atoms with Gasteiger partial charge >= 0.3 is 5.97 Å². The number of methoxy groups -OCH3 is 1. The number of carbonyl (C=O) groups is 2. The second kappa shape index (κ2) is 13.5.